The van der Waals surface area contributed by atoms with Crippen molar-refractivity contribution in [2.24, 2.45) is 0 Å². The number of hydrogen-bond donors (Lipinski definition) is 3. The van der Waals surface area contributed by atoms with Crippen LogP contribution in [0.2, 0.25) is 0 Å². The molecule has 2 aromatic carbocycles. The number of phenolic OH excluding ortho intramolecular Hbond substituents is 1. The molecule has 0 spiro atoms. The van der Waals surface area contributed by atoms with Gasteiger partial charge in [-0.05, 0) is 35.4 Å². The fourth-order valence-corrected chi connectivity index (χ4v) is 4.15. The third kappa shape index (κ3) is 4.73. The van der Waals surface area contributed by atoms with Crippen molar-refractivity contribution in [3.05, 3.63) is 89.2 Å². The van der Waals surface area contributed by atoms with E-state index in [1.807, 2.05) is 18.2 Å². The van der Waals surface area contributed by atoms with E-state index in [-0.39, 0.29) is 18.4 Å². The lowest BCUT2D eigenvalue weighted by molar-refractivity contribution is 0.0974. The minimum atomic E-state index is -0.742. The topological polar surface area (TPSA) is 104 Å². The minimum absolute atomic E-state index is 0.0271. The molecule has 0 aliphatic carbocycles. The van der Waals surface area contributed by atoms with Gasteiger partial charge in [0.05, 0.1) is 35.7 Å². The van der Waals surface area contributed by atoms with Crippen LogP contribution in [0.5, 0.6) is 5.75 Å². The number of aliphatic hydroxyl groups excluding tert-OH is 2. The molecule has 4 rings (SSSR count). The largest absolute Gasteiger partial charge is 0.506 e. The molecule has 1 aromatic heterocycles. The SMILES string of the molecule is N#Cc1ccc(N2CCN(C[C@@H](O)c3ccc(CO)cn3)C[C@H]2c2ccccc2)c(O)c1. The Morgan fingerprint density at radius 1 is 1.09 bits per heavy atom. The molecule has 1 fully saturated rings. The maximum absolute atomic E-state index is 10.7. The normalized spacial score (nSPS) is 17.7. The highest BCUT2D eigenvalue weighted by atomic mass is 16.3. The number of phenols is 1. The molecule has 0 radical (unpaired) electrons. The van der Waals surface area contributed by atoms with E-state index in [0.29, 0.717) is 48.7 Å². The third-order valence-electron chi connectivity index (χ3n) is 5.87. The molecule has 1 aliphatic heterocycles. The quantitative estimate of drug-likeness (QED) is 0.552. The highest BCUT2D eigenvalue weighted by Gasteiger charge is 2.31. The van der Waals surface area contributed by atoms with Crippen LogP contribution in [0, 0.1) is 11.3 Å². The first-order valence-electron chi connectivity index (χ1n) is 10.6. The number of pyridine rings is 1. The number of piperazine rings is 1. The van der Waals surface area contributed by atoms with Crippen molar-refractivity contribution in [1.82, 2.24) is 9.88 Å². The van der Waals surface area contributed by atoms with Gasteiger partial charge < -0.3 is 20.2 Å². The molecule has 32 heavy (non-hydrogen) atoms. The molecule has 0 unspecified atom stereocenters. The maximum atomic E-state index is 10.7. The summed E-state index contributed by atoms with van der Waals surface area (Å²) in [7, 11) is 0. The van der Waals surface area contributed by atoms with E-state index in [1.165, 1.54) is 6.07 Å². The number of aromatic nitrogens is 1. The number of anilines is 1. The monoisotopic (exact) mass is 430 g/mol. The second-order valence-electron chi connectivity index (χ2n) is 7.96. The van der Waals surface area contributed by atoms with Crippen molar-refractivity contribution in [1.29, 1.82) is 5.26 Å². The van der Waals surface area contributed by atoms with Crippen molar-refractivity contribution in [3.8, 4) is 11.8 Å². The Labute approximate surface area is 187 Å². The van der Waals surface area contributed by atoms with Crippen LogP contribution >= 0.6 is 0 Å². The summed E-state index contributed by atoms with van der Waals surface area (Å²) in [6.45, 7) is 2.38. The van der Waals surface area contributed by atoms with E-state index in [9.17, 15) is 15.3 Å². The first-order valence-corrected chi connectivity index (χ1v) is 10.6. The summed E-state index contributed by atoms with van der Waals surface area (Å²) in [6.07, 6.45) is 0.839. The zero-order valence-corrected chi connectivity index (χ0v) is 17.7. The van der Waals surface area contributed by atoms with E-state index >= 15 is 0 Å². The van der Waals surface area contributed by atoms with Gasteiger partial charge in [-0.15, -0.1) is 0 Å². The summed E-state index contributed by atoms with van der Waals surface area (Å²) in [6, 6.07) is 20.6. The lowest BCUT2D eigenvalue weighted by atomic mass is 10.00. The molecule has 0 bridgehead atoms. The van der Waals surface area contributed by atoms with Crippen molar-refractivity contribution < 1.29 is 15.3 Å². The van der Waals surface area contributed by atoms with E-state index in [0.717, 1.165) is 5.56 Å². The van der Waals surface area contributed by atoms with Crippen LogP contribution < -0.4 is 4.90 Å². The van der Waals surface area contributed by atoms with Gasteiger partial charge in [0.15, 0.2) is 0 Å². The molecule has 1 aliphatic rings. The van der Waals surface area contributed by atoms with Gasteiger partial charge in [-0.25, -0.2) is 0 Å². The summed E-state index contributed by atoms with van der Waals surface area (Å²) in [5.74, 6) is 0.0895. The Hall–Kier alpha value is -3.44. The first-order chi connectivity index (χ1) is 15.6. The molecule has 164 valence electrons. The molecular weight excluding hydrogens is 404 g/mol. The van der Waals surface area contributed by atoms with Crippen LogP contribution in [-0.4, -0.2) is 51.4 Å². The minimum Gasteiger partial charge on any atom is -0.506 e. The Balaban J connectivity index is 1.55. The number of rotatable bonds is 6. The summed E-state index contributed by atoms with van der Waals surface area (Å²) in [5.41, 5.74) is 3.51. The van der Waals surface area contributed by atoms with E-state index in [2.05, 4.69) is 33.0 Å². The van der Waals surface area contributed by atoms with Gasteiger partial charge in [0.2, 0.25) is 0 Å². The van der Waals surface area contributed by atoms with Gasteiger partial charge in [0.1, 0.15) is 11.9 Å². The Bertz CT molecular complexity index is 1080. The Morgan fingerprint density at radius 3 is 2.56 bits per heavy atom. The van der Waals surface area contributed by atoms with Gasteiger partial charge >= 0.3 is 0 Å². The third-order valence-corrected chi connectivity index (χ3v) is 5.87. The molecule has 0 amide bonds. The second-order valence-corrected chi connectivity index (χ2v) is 7.96. The van der Waals surface area contributed by atoms with Crippen LogP contribution in [0.1, 0.15) is 34.5 Å². The molecule has 0 saturated carbocycles. The summed E-state index contributed by atoms with van der Waals surface area (Å²) in [4.78, 5) is 8.63. The number of nitrogens with zero attached hydrogens (tertiary/aromatic N) is 4. The number of benzene rings is 2. The van der Waals surface area contributed by atoms with E-state index in [4.69, 9.17) is 5.26 Å². The summed E-state index contributed by atoms with van der Waals surface area (Å²) in [5, 5.41) is 39.6. The maximum Gasteiger partial charge on any atom is 0.140 e. The average Bonchev–Trinajstić information content (AvgIpc) is 2.84. The lowest BCUT2D eigenvalue weighted by Crippen LogP contribution is -2.49. The van der Waals surface area contributed by atoms with Crippen molar-refractivity contribution in [2.75, 3.05) is 31.1 Å². The zero-order chi connectivity index (χ0) is 22.5. The van der Waals surface area contributed by atoms with Gasteiger partial charge in [-0.3, -0.25) is 9.88 Å². The fourth-order valence-electron chi connectivity index (χ4n) is 4.15. The highest BCUT2D eigenvalue weighted by Crippen LogP contribution is 2.36. The number of hydrogen-bond acceptors (Lipinski definition) is 7. The summed E-state index contributed by atoms with van der Waals surface area (Å²) >= 11 is 0. The van der Waals surface area contributed by atoms with Gasteiger partial charge in [-0.1, -0.05) is 36.4 Å². The fraction of sp³-hybridized carbons (Fsp3) is 0.280. The predicted molar refractivity (Wildman–Crippen MR) is 121 cm³/mol. The molecule has 7 nitrogen and oxygen atoms in total. The molecule has 3 aromatic rings. The van der Waals surface area contributed by atoms with Gasteiger partial charge in [-0.2, -0.15) is 5.26 Å². The van der Waals surface area contributed by atoms with Gasteiger partial charge in [0.25, 0.3) is 0 Å². The molecule has 1 saturated heterocycles. The number of aliphatic hydroxyl groups is 2. The van der Waals surface area contributed by atoms with Crippen molar-refractivity contribution >= 4 is 5.69 Å². The Morgan fingerprint density at radius 2 is 1.91 bits per heavy atom. The number of nitriles is 1. The number of β-amino-alcohol motifs (C(OH)–C–C–N with tert-alkyl or cyclic N) is 1. The highest BCUT2D eigenvalue weighted by molar-refractivity contribution is 5.62. The van der Waals surface area contributed by atoms with Crippen LogP contribution in [0.25, 0.3) is 0 Å². The molecular formula is C25H26N4O3. The molecule has 7 heteroatoms. The van der Waals surface area contributed by atoms with Crippen LogP contribution in [0.3, 0.4) is 0 Å². The second kappa shape index (κ2) is 9.79. The smallest absolute Gasteiger partial charge is 0.140 e. The summed E-state index contributed by atoms with van der Waals surface area (Å²) < 4.78 is 0. The number of aromatic hydroxyl groups is 1. The molecule has 2 heterocycles. The predicted octanol–water partition coefficient (Wildman–Crippen LogP) is 2.75. The zero-order valence-electron chi connectivity index (χ0n) is 17.7. The van der Waals surface area contributed by atoms with Crippen LogP contribution in [0.15, 0.2) is 66.9 Å². The van der Waals surface area contributed by atoms with Crippen LogP contribution in [-0.2, 0) is 6.61 Å². The van der Waals surface area contributed by atoms with Crippen molar-refractivity contribution in [3.63, 3.8) is 0 Å². The average molecular weight is 431 g/mol. The lowest BCUT2D eigenvalue weighted by Gasteiger charge is -2.43. The van der Waals surface area contributed by atoms with E-state index in [1.54, 1.807) is 30.5 Å². The van der Waals surface area contributed by atoms with E-state index < -0.39 is 6.10 Å². The molecule has 2 atom stereocenters. The Kier molecular flexibility index (Phi) is 6.66. The first kappa shape index (κ1) is 21.8. The molecule has 3 N–H and O–H groups in total. The van der Waals surface area contributed by atoms with Crippen molar-refractivity contribution in [2.45, 2.75) is 18.8 Å². The van der Waals surface area contributed by atoms with Gasteiger partial charge in [0, 0.05) is 32.4 Å². The van der Waals surface area contributed by atoms with Crippen LogP contribution in [0.4, 0.5) is 5.69 Å². The standard InChI is InChI=1S/C25H26N4O3/c26-13-18-7-9-22(24(31)12-18)29-11-10-28(15-23(29)20-4-2-1-3-5-20)16-25(32)21-8-6-19(17-30)14-27-21/h1-9,12,14,23,25,30-32H,10-11,15-17H2/t23-,25+/m0/s1.